The maximum Gasteiger partial charge on any atom is 0.416 e. The first kappa shape index (κ1) is 21.9. The standard InChI is InChI=1S/C20H20F3N3O3/c1-13(14-7-6-8-15(11-14)20(21,22)23)25-12-29-17-10-5-4-9-16(17)18(26-28-3)19(27)24-2/h4-11H,12H2,1-3H3,(H,24,27)/b25-13?,26-18+. The van der Waals surface area contributed by atoms with Crippen LogP contribution in [-0.2, 0) is 15.8 Å². The van der Waals surface area contributed by atoms with E-state index in [0.29, 0.717) is 22.6 Å². The number of likely N-dealkylation sites (N-methyl/N-ethyl adjacent to an activating group) is 1. The summed E-state index contributed by atoms with van der Waals surface area (Å²) in [5.74, 6) is -0.140. The third-order valence-electron chi connectivity index (χ3n) is 3.90. The molecule has 6 nitrogen and oxygen atoms in total. The first-order chi connectivity index (χ1) is 13.8. The number of ether oxygens (including phenoxy) is 1. The molecule has 1 N–H and O–H groups in total. The summed E-state index contributed by atoms with van der Waals surface area (Å²) in [6, 6.07) is 11.6. The van der Waals surface area contributed by atoms with Crippen LogP contribution in [0.3, 0.4) is 0 Å². The molecule has 0 bridgehead atoms. The predicted octanol–water partition coefficient (Wildman–Crippen LogP) is 3.65. The zero-order valence-electron chi connectivity index (χ0n) is 16.1. The first-order valence-electron chi connectivity index (χ1n) is 8.52. The van der Waals surface area contributed by atoms with Crippen LogP contribution in [0.25, 0.3) is 0 Å². The number of amides is 1. The predicted molar refractivity (Wildman–Crippen MR) is 103 cm³/mol. The van der Waals surface area contributed by atoms with Crippen molar-refractivity contribution in [2.75, 3.05) is 20.9 Å². The monoisotopic (exact) mass is 407 g/mol. The SMILES string of the molecule is CNC(=O)/C(=N/OC)c1ccccc1OCN=C(C)c1cccc(C(F)(F)F)c1. The zero-order chi connectivity index (χ0) is 21.4. The van der Waals surface area contributed by atoms with Gasteiger partial charge in [0.1, 0.15) is 12.9 Å². The highest BCUT2D eigenvalue weighted by Gasteiger charge is 2.30. The maximum absolute atomic E-state index is 12.9. The number of benzene rings is 2. The summed E-state index contributed by atoms with van der Waals surface area (Å²) < 4.78 is 44.2. The number of hydrogen-bond acceptors (Lipinski definition) is 5. The van der Waals surface area contributed by atoms with Crippen molar-refractivity contribution in [3.8, 4) is 5.75 Å². The van der Waals surface area contributed by atoms with Crippen molar-refractivity contribution in [1.29, 1.82) is 0 Å². The van der Waals surface area contributed by atoms with Gasteiger partial charge in [-0.1, -0.05) is 29.4 Å². The lowest BCUT2D eigenvalue weighted by Crippen LogP contribution is -2.29. The van der Waals surface area contributed by atoms with E-state index in [1.165, 1.54) is 26.3 Å². The number of halogens is 3. The summed E-state index contributed by atoms with van der Waals surface area (Å²) in [5.41, 5.74) is 0.376. The van der Waals surface area contributed by atoms with Crippen LogP contribution in [0.2, 0.25) is 0 Å². The smallest absolute Gasteiger partial charge is 0.416 e. The molecule has 0 aliphatic heterocycles. The van der Waals surface area contributed by atoms with Crippen molar-refractivity contribution in [2.45, 2.75) is 13.1 Å². The minimum Gasteiger partial charge on any atom is -0.471 e. The molecule has 0 spiro atoms. The lowest BCUT2D eigenvalue weighted by atomic mass is 10.1. The maximum atomic E-state index is 12.9. The molecule has 0 aliphatic rings. The molecule has 0 saturated heterocycles. The molecular formula is C20H20F3N3O3. The number of alkyl halides is 3. The van der Waals surface area contributed by atoms with E-state index in [0.717, 1.165) is 12.1 Å². The highest BCUT2D eigenvalue weighted by atomic mass is 19.4. The van der Waals surface area contributed by atoms with Crippen LogP contribution in [0.1, 0.15) is 23.6 Å². The summed E-state index contributed by atoms with van der Waals surface area (Å²) in [6.45, 7) is 1.43. The molecule has 154 valence electrons. The second kappa shape index (κ2) is 9.72. The van der Waals surface area contributed by atoms with Crippen LogP contribution in [0.4, 0.5) is 13.2 Å². The second-order valence-corrected chi connectivity index (χ2v) is 5.79. The van der Waals surface area contributed by atoms with Crippen molar-refractivity contribution >= 4 is 17.3 Å². The third kappa shape index (κ3) is 5.81. The van der Waals surface area contributed by atoms with Gasteiger partial charge in [0.2, 0.25) is 0 Å². The lowest BCUT2D eigenvalue weighted by Gasteiger charge is -2.12. The zero-order valence-corrected chi connectivity index (χ0v) is 16.1. The number of carbonyl (C=O) groups excluding carboxylic acids is 1. The van der Waals surface area contributed by atoms with Gasteiger partial charge in [-0.25, -0.2) is 0 Å². The molecule has 0 aromatic heterocycles. The Morgan fingerprint density at radius 3 is 2.52 bits per heavy atom. The Labute approximate surface area is 166 Å². The molecule has 2 aromatic rings. The number of aliphatic imine (C=N–C) groups is 1. The van der Waals surface area contributed by atoms with Crippen LogP contribution in [0.15, 0.2) is 58.7 Å². The number of oxime groups is 1. The fourth-order valence-electron chi connectivity index (χ4n) is 2.42. The largest absolute Gasteiger partial charge is 0.471 e. The molecule has 0 atom stereocenters. The molecule has 29 heavy (non-hydrogen) atoms. The molecule has 2 rings (SSSR count). The third-order valence-corrected chi connectivity index (χ3v) is 3.90. The molecule has 0 saturated carbocycles. The molecule has 0 unspecified atom stereocenters. The molecule has 0 heterocycles. The van der Waals surface area contributed by atoms with Gasteiger partial charge in [0.25, 0.3) is 5.91 Å². The van der Waals surface area contributed by atoms with Gasteiger partial charge in [-0.05, 0) is 36.8 Å². The van der Waals surface area contributed by atoms with Crippen molar-refractivity contribution in [3.05, 3.63) is 65.2 Å². The summed E-state index contributed by atoms with van der Waals surface area (Å²) in [5, 5.41) is 6.20. The van der Waals surface area contributed by atoms with Crippen LogP contribution in [0, 0.1) is 0 Å². The number of hydrogen-bond donors (Lipinski definition) is 1. The number of nitrogens with zero attached hydrogens (tertiary/aromatic N) is 2. The van der Waals surface area contributed by atoms with Crippen molar-refractivity contribution in [2.24, 2.45) is 10.1 Å². The number of carbonyl (C=O) groups is 1. The Morgan fingerprint density at radius 2 is 1.86 bits per heavy atom. The van der Waals surface area contributed by atoms with E-state index in [-0.39, 0.29) is 12.4 Å². The normalized spacial score (nSPS) is 12.5. The Hall–Kier alpha value is -3.36. The van der Waals surface area contributed by atoms with Gasteiger partial charge in [0.05, 0.1) is 11.1 Å². The Morgan fingerprint density at radius 1 is 1.14 bits per heavy atom. The summed E-state index contributed by atoms with van der Waals surface area (Å²) in [6.07, 6.45) is -4.43. The molecular weight excluding hydrogens is 387 g/mol. The molecule has 1 amide bonds. The van der Waals surface area contributed by atoms with E-state index >= 15 is 0 Å². The first-order valence-corrected chi connectivity index (χ1v) is 8.52. The van der Waals surface area contributed by atoms with Gasteiger partial charge in [0.15, 0.2) is 12.4 Å². The average Bonchev–Trinajstić information content (AvgIpc) is 2.71. The van der Waals surface area contributed by atoms with Crippen molar-refractivity contribution in [1.82, 2.24) is 5.32 Å². The molecule has 0 fully saturated rings. The van der Waals surface area contributed by atoms with Crippen molar-refractivity contribution in [3.63, 3.8) is 0 Å². The van der Waals surface area contributed by atoms with Crippen LogP contribution >= 0.6 is 0 Å². The Bertz CT molecular complexity index is 924. The van der Waals surface area contributed by atoms with Gasteiger partial charge in [-0.3, -0.25) is 9.79 Å². The van der Waals surface area contributed by atoms with E-state index in [4.69, 9.17) is 9.57 Å². The second-order valence-electron chi connectivity index (χ2n) is 5.79. The highest BCUT2D eigenvalue weighted by Crippen LogP contribution is 2.29. The van der Waals surface area contributed by atoms with E-state index < -0.39 is 17.6 Å². The molecule has 0 radical (unpaired) electrons. The fourth-order valence-corrected chi connectivity index (χ4v) is 2.42. The number of rotatable bonds is 7. The van der Waals surface area contributed by atoms with Gasteiger partial charge < -0.3 is 14.9 Å². The topological polar surface area (TPSA) is 72.3 Å². The van der Waals surface area contributed by atoms with Gasteiger partial charge in [-0.15, -0.1) is 0 Å². The Kier molecular flexibility index (Phi) is 7.35. The van der Waals surface area contributed by atoms with Gasteiger partial charge >= 0.3 is 6.18 Å². The highest BCUT2D eigenvalue weighted by molar-refractivity contribution is 6.45. The fraction of sp³-hybridized carbons (Fsp3) is 0.250. The van der Waals surface area contributed by atoms with E-state index in [9.17, 15) is 18.0 Å². The minimum absolute atomic E-state index is 0.0178. The van der Waals surface area contributed by atoms with Crippen LogP contribution in [0.5, 0.6) is 5.75 Å². The minimum atomic E-state index is -4.43. The van der Waals surface area contributed by atoms with Crippen LogP contribution in [-0.4, -0.2) is 38.2 Å². The number of para-hydroxylation sites is 1. The van der Waals surface area contributed by atoms with E-state index in [1.807, 2.05) is 0 Å². The van der Waals surface area contributed by atoms with Crippen molar-refractivity contribution < 1.29 is 27.5 Å². The molecule has 2 aromatic carbocycles. The van der Waals surface area contributed by atoms with Crippen LogP contribution < -0.4 is 10.1 Å². The van der Waals surface area contributed by atoms with Gasteiger partial charge in [0, 0.05) is 12.8 Å². The summed E-state index contributed by atoms with van der Waals surface area (Å²) in [4.78, 5) is 20.9. The average molecular weight is 407 g/mol. The molecule has 9 heteroatoms. The van der Waals surface area contributed by atoms with Gasteiger partial charge in [-0.2, -0.15) is 13.2 Å². The quantitative estimate of drug-likeness (QED) is 0.563. The number of nitrogens with one attached hydrogen (secondary N) is 1. The van der Waals surface area contributed by atoms with E-state index in [1.54, 1.807) is 31.2 Å². The summed E-state index contributed by atoms with van der Waals surface area (Å²) >= 11 is 0. The van der Waals surface area contributed by atoms with E-state index in [2.05, 4.69) is 15.5 Å². The summed E-state index contributed by atoms with van der Waals surface area (Å²) in [7, 11) is 2.77. The lowest BCUT2D eigenvalue weighted by molar-refractivity contribution is -0.137. The molecule has 0 aliphatic carbocycles. The Balaban J connectivity index is 2.21.